The maximum Gasteiger partial charge on any atom is 0.226 e. The number of carbonyl (C=O) groups excluding carboxylic acids is 1. The van der Waals surface area contributed by atoms with Crippen LogP contribution < -0.4 is 0 Å². The molecule has 23 heavy (non-hydrogen) atoms. The summed E-state index contributed by atoms with van der Waals surface area (Å²) < 4.78 is 0. The van der Waals surface area contributed by atoms with Crippen LogP contribution >= 0.6 is 0 Å². The average Bonchev–Trinajstić information content (AvgIpc) is 2.39. The molecular weight excluding hydrogens is 288 g/mol. The van der Waals surface area contributed by atoms with E-state index >= 15 is 0 Å². The van der Waals surface area contributed by atoms with Crippen LogP contribution in [0, 0.1) is 10.8 Å². The Morgan fingerprint density at radius 3 is 2.39 bits per heavy atom. The van der Waals surface area contributed by atoms with Crippen molar-refractivity contribution in [2.45, 2.75) is 59.5 Å². The lowest BCUT2D eigenvalue weighted by Gasteiger charge is -2.50. The Morgan fingerprint density at radius 1 is 1.13 bits per heavy atom. The first-order chi connectivity index (χ1) is 10.5. The number of fused-ring (bicyclic) bond motifs is 3. The van der Waals surface area contributed by atoms with Gasteiger partial charge in [0.05, 0.1) is 5.60 Å². The summed E-state index contributed by atoms with van der Waals surface area (Å²) in [6.07, 6.45) is 8.99. The SMILES string of the molecule is CC(C)(O)C1=CC2=CC=C3C(C)(C)CCCC3(C)C2=C(O)C1=O. The first-order valence-electron chi connectivity index (χ1n) is 8.35. The molecule has 0 heterocycles. The van der Waals surface area contributed by atoms with Crippen molar-refractivity contribution in [1.82, 2.24) is 0 Å². The van der Waals surface area contributed by atoms with E-state index in [0.717, 1.165) is 30.4 Å². The number of hydrogen-bond donors (Lipinski definition) is 2. The summed E-state index contributed by atoms with van der Waals surface area (Å²) in [6.45, 7) is 9.75. The topological polar surface area (TPSA) is 57.5 Å². The van der Waals surface area contributed by atoms with Crippen LogP contribution in [0.1, 0.15) is 53.9 Å². The number of ketones is 1. The summed E-state index contributed by atoms with van der Waals surface area (Å²) >= 11 is 0. The number of rotatable bonds is 1. The lowest BCUT2D eigenvalue weighted by Crippen LogP contribution is -2.41. The monoisotopic (exact) mass is 314 g/mol. The normalized spacial score (nSPS) is 30.2. The molecule has 1 atom stereocenters. The average molecular weight is 314 g/mol. The highest BCUT2D eigenvalue weighted by Crippen LogP contribution is 2.58. The minimum atomic E-state index is -1.27. The van der Waals surface area contributed by atoms with Crippen molar-refractivity contribution in [2.24, 2.45) is 10.8 Å². The molecule has 3 nitrogen and oxygen atoms in total. The molecule has 3 heteroatoms. The van der Waals surface area contributed by atoms with Gasteiger partial charge < -0.3 is 10.2 Å². The number of allylic oxidation sites excluding steroid dienone is 7. The Bertz CT molecular complexity index is 708. The van der Waals surface area contributed by atoms with Crippen LogP contribution in [0.5, 0.6) is 0 Å². The number of carbonyl (C=O) groups is 1. The quantitative estimate of drug-likeness (QED) is 0.764. The van der Waals surface area contributed by atoms with Gasteiger partial charge in [-0.3, -0.25) is 4.79 Å². The molecule has 0 aliphatic heterocycles. The van der Waals surface area contributed by atoms with Gasteiger partial charge in [0.2, 0.25) is 5.78 Å². The van der Waals surface area contributed by atoms with E-state index in [2.05, 4.69) is 26.8 Å². The van der Waals surface area contributed by atoms with Crippen molar-refractivity contribution in [3.8, 4) is 0 Å². The van der Waals surface area contributed by atoms with Crippen LogP contribution in [0.25, 0.3) is 0 Å². The Hall–Kier alpha value is -1.61. The largest absolute Gasteiger partial charge is 0.504 e. The van der Waals surface area contributed by atoms with Crippen molar-refractivity contribution in [2.75, 3.05) is 0 Å². The summed E-state index contributed by atoms with van der Waals surface area (Å²) in [7, 11) is 0. The minimum absolute atomic E-state index is 0.0611. The van der Waals surface area contributed by atoms with E-state index < -0.39 is 11.4 Å². The molecule has 1 saturated carbocycles. The molecule has 3 aliphatic carbocycles. The minimum Gasteiger partial charge on any atom is -0.504 e. The van der Waals surface area contributed by atoms with Gasteiger partial charge in [-0.15, -0.1) is 0 Å². The van der Waals surface area contributed by atoms with Crippen LogP contribution in [-0.4, -0.2) is 21.6 Å². The van der Waals surface area contributed by atoms with Gasteiger partial charge in [0.25, 0.3) is 0 Å². The van der Waals surface area contributed by atoms with Crippen molar-refractivity contribution in [3.05, 3.63) is 46.3 Å². The zero-order valence-corrected chi connectivity index (χ0v) is 14.7. The van der Waals surface area contributed by atoms with E-state index in [9.17, 15) is 15.0 Å². The first-order valence-corrected chi connectivity index (χ1v) is 8.35. The van der Waals surface area contributed by atoms with Crippen LogP contribution in [0.3, 0.4) is 0 Å². The highest BCUT2D eigenvalue weighted by atomic mass is 16.3. The molecular formula is C20H26O3. The second-order valence-electron chi connectivity index (χ2n) is 8.44. The highest BCUT2D eigenvalue weighted by molar-refractivity contribution is 6.11. The zero-order valence-electron chi connectivity index (χ0n) is 14.7. The van der Waals surface area contributed by atoms with Crippen molar-refractivity contribution >= 4 is 5.78 Å². The molecule has 3 rings (SSSR count). The van der Waals surface area contributed by atoms with E-state index in [4.69, 9.17) is 0 Å². The second kappa shape index (κ2) is 4.70. The molecule has 0 aromatic heterocycles. The van der Waals surface area contributed by atoms with Gasteiger partial charge in [-0.05, 0) is 43.8 Å². The number of hydrogen-bond acceptors (Lipinski definition) is 3. The van der Waals surface area contributed by atoms with Crippen LogP contribution in [-0.2, 0) is 4.79 Å². The van der Waals surface area contributed by atoms with Crippen LogP contribution in [0.15, 0.2) is 46.3 Å². The molecule has 124 valence electrons. The summed E-state index contributed by atoms with van der Waals surface area (Å²) in [5.41, 5.74) is 1.60. The lowest BCUT2D eigenvalue weighted by atomic mass is 9.54. The fourth-order valence-corrected chi connectivity index (χ4v) is 4.58. The Labute approximate surface area is 138 Å². The van der Waals surface area contributed by atoms with E-state index in [0.29, 0.717) is 0 Å². The van der Waals surface area contributed by atoms with Gasteiger partial charge >= 0.3 is 0 Å². The summed E-state index contributed by atoms with van der Waals surface area (Å²) in [6, 6.07) is 0. The number of aliphatic hydroxyl groups excluding tert-OH is 1. The molecule has 3 aliphatic rings. The second-order valence-corrected chi connectivity index (χ2v) is 8.44. The first kappa shape index (κ1) is 16.3. The zero-order chi connectivity index (χ0) is 17.2. The maximum absolute atomic E-state index is 12.6. The predicted octanol–water partition coefficient (Wildman–Crippen LogP) is 4.16. The van der Waals surface area contributed by atoms with E-state index in [1.165, 1.54) is 5.57 Å². The Kier molecular flexibility index (Phi) is 3.32. The van der Waals surface area contributed by atoms with E-state index in [1.54, 1.807) is 19.9 Å². The van der Waals surface area contributed by atoms with E-state index in [1.807, 2.05) is 6.08 Å². The molecule has 2 N–H and O–H groups in total. The highest BCUT2D eigenvalue weighted by Gasteiger charge is 2.49. The van der Waals surface area contributed by atoms with Gasteiger partial charge in [0.15, 0.2) is 5.76 Å². The molecule has 0 amide bonds. The van der Waals surface area contributed by atoms with Crippen LogP contribution in [0.2, 0.25) is 0 Å². The third-order valence-corrected chi connectivity index (χ3v) is 5.73. The van der Waals surface area contributed by atoms with Gasteiger partial charge in [-0.1, -0.05) is 44.9 Å². The standard InChI is InChI=1S/C20H26O3/c1-18(2)9-6-10-20(5)14(18)8-7-12-11-13(19(3,4)23)16(21)17(22)15(12)20/h7-8,11,22-23H,6,9-10H2,1-5H3. The lowest BCUT2D eigenvalue weighted by molar-refractivity contribution is -0.116. The molecule has 0 aromatic carbocycles. The summed E-state index contributed by atoms with van der Waals surface area (Å²) in [5.74, 6) is -0.642. The van der Waals surface area contributed by atoms with Gasteiger partial charge in [0.1, 0.15) is 0 Å². The van der Waals surface area contributed by atoms with Gasteiger partial charge in [-0.2, -0.15) is 0 Å². The smallest absolute Gasteiger partial charge is 0.226 e. The fourth-order valence-electron chi connectivity index (χ4n) is 4.58. The van der Waals surface area contributed by atoms with Crippen molar-refractivity contribution in [3.63, 3.8) is 0 Å². The number of Topliss-reactive ketones (excluding diaryl/α,β-unsaturated/α-hetero) is 1. The Morgan fingerprint density at radius 2 is 1.78 bits per heavy atom. The molecule has 0 aromatic rings. The molecule has 0 bridgehead atoms. The Balaban J connectivity index is 2.23. The maximum atomic E-state index is 12.6. The molecule has 1 unspecified atom stereocenters. The molecule has 0 saturated heterocycles. The van der Waals surface area contributed by atoms with Gasteiger partial charge in [-0.25, -0.2) is 0 Å². The van der Waals surface area contributed by atoms with Crippen molar-refractivity contribution < 1.29 is 15.0 Å². The number of aliphatic hydroxyl groups is 2. The van der Waals surface area contributed by atoms with Gasteiger partial charge in [0, 0.05) is 16.6 Å². The molecule has 0 radical (unpaired) electrons. The molecule has 0 spiro atoms. The molecule has 1 fully saturated rings. The summed E-state index contributed by atoms with van der Waals surface area (Å²) in [5, 5.41) is 20.9. The summed E-state index contributed by atoms with van der Waals surface area (Å²) in [4.78, 5) is 12.6. The van der Waals surface area contributed by atoms with Crippen molar-refractivity contribution in [1.29, 1.82) is 0 Å². The predicted molar refractivity (Wildman–Crippen MR) is 90.9 cm³/mol. The fraction of sp³-hybridized carbons (Fsp3) is 0.550. The third-order valence-electron chi connectivity index (χ3n) is 5.73. The third kappa shape index (κ3) is 2.25. The van der Waals surface area contributed by atoms with Crippen LogP contribution in [0.4, 0.5) is 0 Å². The van der Waals surface area contributed by atoms with E-state index in [-0.39, 0.29) is 22.2 Å².